The second-order valence-corrected chi connectivity index (χ2v) is 7.84. The van der Waals surface area contributed by atoms with Gasteiger partial charge in [0.1, 0.15) is 5.01 Å². The molecular formula is C11H18N4O3S2. The summed E-state index contributed by atoms with van der Waals surface area (Å²) in [6.45, 7) is 2.16. The molecule has 0 spiro atoms. The van der Waals surface area contributed by atoms with Crippen LogP contribution in [0.1, 0.15) is 5.01 Å². The number of carbonyl (C=O) groups is 1. The first-order chi connectivity index (χ1) is 9.36. The van der Waals surface area contributed by atoms with E-state index < -0.39 is 21.8 Å². The van der Waals surface area contributed by atoms with Gasteiger partial charge in [-0.3, -0.25) is 9.69 Å². The van der Waals surface area contributed by atoms with Gasteiger partial charge in [-0.1, -0.05) is 0 Å². The Labute approximate surface area is 122 Å². The Morgan fingerprint density at radius 2 is 2.25 bits per heavy atom. The van der Waals surface area contributed by atoms with Crippen LogP contribution >= 0.6 is 11.3 Å². The fourth-order valence-electron chi connectivity index (χ4n) is 2.20. The second kappa shape index (κ2) is 6.17. The van der Waals surface area contributed by atoms with Crippen molar-refractivity contribution >= 4 is 27.3 Å². The van der Waals surface area contributed by atoms with Crippen LogP contribution < -0.4 is 5.73 Å². The van der Waals surface area contributed by atoms with E-state index in [9.17, 15) is 13.2 Å². The smallest absolute Gasteiger partial charge is 0.223 e. The van der Waals surface area contributed by atoms with Crippen LogP contribution in [-0.4, -0.2) is 60.9 Å². The minimum Gasteiger partial charge on any atom is -0.369 e. The lowest BCUT2D eigenvalue weighted by Crippen LogP contribution is -2.40. The summed E-state index contributed by atoms with van der Waals surface area (Å²) in [5, 5.41) is 2.84. The topological polar surface area (TPSA) is 96.6 Å². The molecule has 0 unspecified atom stereocenters. The first-order valence-electron chi connectivity index (χ1n) is 6.21. The highest BCUT2D eigenvalue weighted by Gasteiger charge is 2.30. The molecule has 0 radical (unpaired) electrons. The van der Waals surface area contributed by atoms with E-state index in [0.29, 0.717) is 26.2 Å². The minimum atomic E-state index is -3.32. The summed E-state index contributed by atoms with van der Waals surface area (Å²) in [4.78, 5) is 17.7. The summed E-state index contributed by atoms with van der Waals surface area (Å²) in [7, 11) is -3.32. The lowest BCUT2D eigenvalue weighted by Gasteiger charge is -2.20. The summed E-state index contributed by atoms with van der Waals surface area (Å²) < 4.78 is 24.7. The van der Waals surface area contributed by atoms with E-state index in [0.717, 1.165) is 11.3 Å². The summed E-state index contributed by atoms with van der Waals surface area (Å²) >= 11 is 1.54. The first kappa shape index (κ1) is 15.4. The minimum absolute atomic E-state index is 0.155. The highest BCUT2D eigenvalue weighted by molar-refractivity contribution is 7.88. The predicted molar refractivity (Wildman–Crippen MR) is 76.5 cm³/mol. The molecule has 1 saturated heterocycles. The van der Waals surface area contributed by atoms with Gasteiger partial charge in [-0.05, 0) is 0 Å². The average molecular weight is 318 g/mol. The Balaban J connectivity index is 2.11. The molecular weight excluding hydrogens is 300 g/mol. The van der Waals surface area contributed by atoms with E-state index in [1.54, 1.807) is 6.20 Å². The standard InChI is InChI=1S/C11H18N4O3S2/c1-20(17,18)15-4-3-14(6-9(7-15)11(12)16)8-10-13-2-5-19-10/h2,5,9H,3-4,6-8H2,1H3,(H2,12,16)/t9-/m1/s1. The Morgan fingerprint density at radius 1 is 1.50 bits per heavy atom. The molecule has 1 aliphatic heterocycles. The van der Waals surface area contributed by atoms with Crippen LogP contribution in [0, 0.1) is 5.92 Å². The molecule has 2 heterocycles. The van der Waals surface area contributed by atoms with Crippen molar-refractivity contribution in [3.63, 3.8) is 0 Å². The number of primary amides is 1. The number of hydrogen-bond acceptors (Lipinski definition) is 6. The van der Waals surface area contributed by atoms with Crippen LogP contribution in [0.3, 0.4) is 0 Å². The number of amides is 1. The number of rotatable bonds is 4. The van der Waals surface area contributed by atoms with Crippen LogP contribution in [0.5, 0.6) is 0 Å². The zero-order chi connectivity index (χ0) is 14.8. The number of hydrogen-bond donors (Lipinski definition) is 1. The number of nitrogens with two attached hydrogens (primary N) is 1. The SMILES string of the molecule is CS(=O)(=O)N1CCN(Cc2nccs2)C[C@@H](C(N)=O)C1. The monoisotopic (exact) mass is 318 g/mol. The van der Waals surface area contributed by atoms with E-state index in [2.05, 4.69) is 4.98 Å². The van der Waals surface area contributed by atoms with E-state index in [-0.39, 0.29) is 6.54 Å². The third-order valence-electron chi connectivity index (χ3n) is 3.28. The van der Waals surface area contributed by atoms with Crippen molar-refractivity contribution < 1.29 is 13.2 Å². The van der Waals surface area contributed by atoms with Crippen LogP contribution in [0.2, 0.25) is 0 Å². The summed E-state index contributed by atoms with van der Waals surface area (Å²) in [6, 6.07) is 0. The van der Waals surface area contributed by atoms with Gasteiger partial charge in [0.25, 0.3) is 0 Å². The summed E-state index contributed by atoms with van der Waals surface area (Å²) in [5.41, 5.74) is 5.38. The molecule has 0 aliphatic carbocycles. The van der Waals surface area contributed by atoms with Crippen molar-refractivity contribution in [1.29, 1.82) is 0 Å². The third-order valence-corrected chi connectivity index (χ3v) is 5.32. The summed E-state index contributed by atoms with van der Waals surface area (Å²) in [6.07, 6.45) is 2.88. The molecule has 20 heavy (non-hydrogen) atoms. The summed E-state index contributed by atoms with van der Waals surface area (Å²) in [5.74, 6) is -0.961. The lowest BCUT2D eigenvalue weighted by molar-refractivity contribution is -0.122. The molecule has 9 heteroatoms. The predicted octanol–water partition coefficient (Wildman–Crippen LogP) is -0.678. The molecule has 1 amide bonds. The normalized spacial score (nSPS) is 22.6. The van der Waals surface area contributed by atoms with E-state index >= 15 is 0 Å². The van der Waals surface area contributed by atoms with Gasteiger partial charge in [0.15, 0.2) is 0 Å². The molecule has 0 aromatic carbocycles. The fraction of sp³-hybridized carbons (Fsp3) is 0.636. The molecule has 1 atom stereocenters. The maximum Gasteiger partial charge on any atom is 0.223 e. The first-order valence-corrected chi connectivity index (χ1v) is 8.94. The van der Waals surface area contributed by atoms with Gasteiger partial charge in [0, 0.05) is 37.8 Å². The Kier molecular flexibility index (Phi) is 4.74. The molecule has 0 bridgehead atoms. The molecule has 2 N–H and O–H groups in total. The Morgan fingerprint density at radius 3 is 2.80 bits per heavy atom. The van der Waals surface area contributed by atoms with E-state index in [1.807, 2.05) is 10.3 Å². The van der Waals surface area contributed by atoms with Crippen molar-refractivity contribution in [3.8, 4) is 0 Å². The number of nitrogens with zero attached hydrogens (tertiary/aromatic N) is 3. The fourth-order valence-corrected chi connectivity index (χ4v) is 3.72. The quantitative estimate of drug-likeness (QED) is 0.793. The van der Waals surface area contributed by atoms with Crippen LogP contribution in [-0.2, 0) is 21.4 Å². The molecule has 1 aliphatic rings. The number of aromatic nitrogens is 1. The van der Waals surface area contributed by atoms with Crippen LogP contribution in [0.15, 0.2) is 11.6 Å². The number of carbonyl (C=O) groups excluding carboxylic acids is 1. The largest absolute Gasteiger partial charge is 0.369 e. The number of thiazole rings is 1. The maximum absolute atomic E-state index is 11.7. The van der Waals surface area contributed by atoms with Crippen molar-refractivity contribution in [2.75, 3.05) is 32.4 Å². The van der Waals surface area contributed by atoms with Gasteiger partial charge < -0.3 is 5.73 Å². The molecule has 0 saturated carbocycles. The van der Waals surface area contributed by atoms with Gasteiger partial charge >= 0.3 is 0 Å². The highest BCUT2D eigenvalue weighted by atomic mass is 32.2. The van der Waals surface area contributed by atoms with Crippen molar-refractivity contribution in [2.45, 2.75) is 6.54 Å². The Bertz CT molecular complexity index is 558. The second-order valence-electron chi connectivity index (χ2n) is 4.88. The molecule has 112 valence electrons. The van der Waals surface area contributed by atoms with E-state index in [4.69, 9.17) is 5.73 Å². The molecule has 1 fully saturated rings. The molecule has 1 aromatic heterocycles. The average Bonchev–Trinajstić information content (AvgIpc) is 2.72. The van der Waals surface area contributed by atoms with Gasteiger partial charge in [-0.25, -0.2) is 17.7 Å². The van der Waals surface area contributed by atoms with Crippen molar-refractivity contribution in [3.05, 3.63) is 16.6 Å². The van der Waals surface area contributed by atoms with Gasteiger partial charge in [-0.2, -0.15) is 0 Å². The lowest BCUT2D eigenvalue weighted by atomic mass is 10.1. The molecule has 7 nitrogen and oxygen atoms in total. The van der Waals surface area contributed by atoms with Gasteiger partial charge in [0.05, 0.1) is 18.7 Å². The van der Waals surface area contributed by atoms with Gasteiger partial charge in [-0.15, -0.1) is 11.3 Å². The van der Waals surface area contributed by atoms with Crippen molar-refractivity contribution in [1.82, 2.24) is 14.2 Å². The zero-order valence-corrected chi connectivity index (χ0v) is 12.9. The van der Waals surface area contributed by atoms with E-state index in [1.165, 1.54) is 15.6 Å². The Hall–Kier alpha value is -1.03. The zero-order valence-electron chi connectivity index (χ0n) is 11.2. The molecule has 2 rings (SSSR count). The third kappa shape index (κ3) is 3.98. The van der Waals surface area contributed by atoms with Crippen LogP contribution in [0.4, 0.5) is 0 Å². The van der Waals surface area contributed by atoms with Crippen molar-refractivity contribution in [2.24, 2.45) is 11.7 Å². The molecule has 1 aromatic rings. The van der Waals surface area contributed by atoms with Crippen LogP contribution in [0.25, 0.3) is 0 Å². The van der Waals surface area contributed by atoms with Gasteiger partial charge in [0.2, 0.25) is 15.9 Å². The maximum atomic E-state index is 11.7. The number of sulfonamides is 1. The highest BCUT2D eigenvalue weighted by Crippen LogP contribution is 2.15.